The molecular weight excluding hydrogens is 266 g/mol. The van der Waals surface area contributed by atoms with Gasteiger partial charge in [-0.15, -0.1) is 0 Å². The van der Waals surface area contributed by atoms with Gasteiger partial charge in [0.25, 0.3) is 0 Å². The number of ketones is 1. The Morgan fingerprint density at radius 2 is 2.05 bits per heavy atom. The van der Waals surface area contributed by atoms with Gasteiger partial charge in [-0.25, -0.2) is 0 Å². The molecule has 0 saturated carbocycles. The lowest BCUT2D eigenvalue weighted by Crippen LogP contribution is -2.20. The van der Waals surface area contributed by atoms with Gasteiger partial charge >= 0.3 is 0 Å². The average molecular weight is 287 g/mol. The fourth-order valence-electron chi connectivity index (χ4n) is 2.48. The number of carbonyl (C=O) groups excluding carboxylic acids is 1. The van der Waals surface area contributed by atoms with Gasteiger partial charge in [-0.2, -0.15) is 0 Å². The Morgan fingerprint density at radius 3 is 2.62 bits per heavy atom. The zero-order valence-corrected chi connectivity index (χ0v) is 12.2. The van der Waals surface area contributed by atoms with E-state index in [4.69, 9.17) is 5.11 Å². The summed E-state index contributed by atoms with van der Waals surface area (Å²) in [6.07, 6.45) is 2.95. The summed E-state index contributed by atoms with van der Waals surface area (Å²) in [5.74, 6) is 0.0245. The molecule has 0 bridgehead atoms. The molecule has 0 aliphatic heterocycles. The highest BCUT2D eigenvalue weighted by Crippen LogP contribution is 2.32. The van der Waals surface area contributed by atoms with Crippen molar-refractivity contribution in [3.8, 4) is 0 Å². The number of allylic oxidation sites excluding steroid dienone is 2. The van der Waals surface area contributed by atoms with E-state index in [1.807, 2.05) is 37.3 Å². The van der Waals surface area contributed by atoms with E-state index in [9.17, 15) is 9.90 Å². The van der Waals surface area contributed by atoms with E-state index in [0.717, 1.165) is 5.56 Å². The van der Waals surface area contributed by atoms with Gasteiger partial charge in [-0.1, -0.05) is 37.3 Å². The summed E-state index contributed by atoms with van der Waals surface area (Å²) >= 11 is 0. The number of benzene rings is 1. The summed E-state index contributed by atoms with van der Waals surface area (Å²) in [7, 11) is 0. The Hall–Kier alpha value is -1.94. The fraction of sp³-hybridized carbons (Fsp3) is 0.412. The maximum Gasteiger partial charge on any atom is 0.168 e. The van der Waals surface area contributed by atoms with Gasteiger partial charge in [-0.05, 0) is 17.9 Å². The van der Waals surface area contributed by atoms with Crippen LogP contribution in [-0.2, 0) is 4.79 Å². The molecule has 1 aromatic carbocycles. The van der Waals surface area contributed by atoms with Crippen LogP contribution in [-0.4, -0.2) is 34.9 Å². The van der Waals surface area contributed by atoms with Crippen molar-refractivity contribution in [2.75, 3.05) is 6.61 Å². The molecule has 2 atom stereocenters. The summed E-state index contributed by atoms with van der Waals surface area (Å²) in [6, 6.07) is 9.54. The third-order valence-electron chi connectivity index (χ3n) is 3.85. The molecule has 1 aromatic rings. The summed E-state index contributed by atoms with van der Waals surface area (Å²) in [5, 5.41) is 19.2. The van der Waals surface area contributed by atoms with Crippen molar-refractivity contribution in [1.82, 2.24) is 0 Å². The highest BCUT2D eigenvalue weighted by atomic mass is 16.3. The lowest BCUT2D eigenvalue weighted by atomic mass is 9.83. The molecule has 21 heavy (non-hydrogen) atoms. The van der Waals surface area contributed by atoms with Crippen LogP contribution in [0.5, 0.6) is 0 Å². The van der Waals surface area contributed by atoms with Crippen LogP contribution in [0.15, 0.2) is 46.7 Å². The van der Waals surface area contributed by atoms with Crippen molar-refractivity contribution in [3.05, 3.63) is 47.2 Å². The van der Waals surface area contributed by atoms with Gasteiger partial charge in [0.2, 0.25) is 0 Å². The Labute approximate surface area is 124 Å². The number of carbonyl (C=O) groups is 1. The second-order valence-corrected chi connectivity index (χ2v) is 5.32. The van der Waals surface area contributed by atoms with Crippen molar-refractivity contribution in [2.45, 2.75) is 38.1 Å². The number of rotatable bonds is 5. The first-order valence-electron chi connectivity index (χ1n) is 7.30. The molecule has 4 heteroatoms. The van der Waals surface area contributed by atoms with Crippen LogP contribution >= 0.6 is 0 Å². The molecule has 0 amide bonds. The SMILES string of the molecule is CC[C@@H](CO)N=CC1=C(O)CC(c2ccccc2)CC1=O. The van der Waals surface area contributed by atoms with Crippen LogP contribution in [0.3, 0.4) is 0 Å². The molecule has 1 aliphatic rings. The van der Waals surface area contributed by atoms with Crippen molar-refractivity contribution in [3.63, 3.8) is 0 Å². The minimum atomic E-state index is -0.218. The highest BCUT2D eigenvalue weighted by molar-refractivity contribution is 6.14. The first-order chi connectivity index (χ1) is 10.2. The number of hydrogen-bond donors (Lipinski definition) is 2. The molecule has 0 aromatic heterocycles. The van der Waals surface area contributed by atoms with Gasteiger partial charge in [0, 0.05) is 19.1 Å². The third-order valence-corrected chi connectivity index (χ3v) is 3.85. The number of hydrogen-bond acceptors (Lipinski definition) is 4. The van der Waals surface area contributed by atoms with Crippen molar-refractivity contribution in [1.29, 1.82) is 0 Å². The number of Topliss-reactive ketones (excluding diaryl/α,β-unsaturated/α-hetero) is 1. The molecule has 0 fully saturated rings. The topological polar surface area (TPSA) is 69.9 Å². The lowest BCUT2D eigenvalue weighted by Gasteiger charge is -2.22. The van der Waals surface area contributed by atoms with Gasteiger partial charge in [0.15, 0.2) is 5.78 Å². The Balaban J connectivity index is 2.16. The number of aliphatic hydroxyl groups is 2. The van der Waals surface area contributed by atoms with E-state index in [-0.39, 0.29) is 35.7 Å². The van der Waals surface area contributed by atoms with E-state index in [1.165, 1.54) is 6.21 Å². The predicted molar refractivity (Wildman–Crippen MR) is 82.7 cm³/mol. The van der Waals surface area contributed by atoms with E-state index in [1.54, 1.807) is 0 Å². The molecule has 2 N–H and O–H groups in total. The summed E-state index contributed by atoms with van der Waals surface area (Å²) in [6.45, 7) is 1.86. The van der Waals surface area contributed by atoms with Crippen molar-refractivity contribution < 1.29 is 15.0 Å². The van der Waals surface area contributed by atoms with Gasteiger partial charge in [0.1, 0.15) is 5.76 Å². The van der Waals surface area contributed by atoms with Gasteiger partial charge in [0.05, 0.1) is 18.2 Å². The molecule has 4 nitrogen and oxygen atoms in total. The minimum Gasteiger partial charge on any atom is -0.511 e. The van der Waals surface area contributed by atoms with E-state index in [0.29, 0.717) is 19.3 Å². The van der Waals surface area contributed by atoms with Crippen molar-refractivity contribution in [2.24, 2.45) is 4.99 Å². The second kappa shape index (κ2) is 7.18. The predicted octanol–water partition coefficient (Wildman–Crippen LogP) is 2.79. The van der Waals surface area contributed by atoms with Crippen LogP contribution in [0.25, 0.3) is 0 Å². The third kappa shape index (κ3) is 3.79. The second-order valence-electron chi connectivity index (χ2n) is 5.32. The van der Waals surface area contributed by atoms with Crippen LogP contribution in [0.2, 0.25) is 0 Å². The molecule has 0 radical (unpaired) electrons. The largest absolute Gasteiger partial charge is 0.511 e. The Morgan fingerprint density at radius 1 is 1.33 bits per heavy atom. The van der Waals surface area contributed by atoms with E-state index >= 15 is 0 Å². The maximum atomic E-state index is 12.2. The molecule has 0 spiro atoms. The molecule has 0 saturated heterocycles. The molecule has 1 unspecified atom stereocenters. The highest BCUT2D eigenvalue weighted by Gasteiger charge is 2.27. The normalized spacial score (nSPS) is 21.0. The van der Waals surface area contributed by atoms with Gasteiger partial charge < -0.3 is 10.2 Å². The zero-order valence-electron chi connectivity index (χ0n) is 12.2. The quantitative estimate of drug-likeness (QED) is 0.818. The van der Waals surface area contributed by atoms with Crippen molar-refractivity contribution >= 4 is 12.0 Å². The lowest BCUT2D eigenvalue weighted by molar-refractivity contribution is -0.116. The summed E-state index contributed by atoms with van der Waals surface area (Å²) in [4.78, 5) is 16.4. The van der Waals surface area contributed by atoms with Gasteiger partial charge in [-0.3, -0.25) is 9.79 Å². The van der Waals surface area contributed by atoms with Crippen LogP contribution in [0.4, 0.5) is 0 Å². The van der Waals surface area contributed by atoms with Crippen LogP contribution in [0.1, 0.15) is 37.7 Å². The Bertz CT molecular complexity index is 544. The molecule has 0 heterocycles. The fourth-order valence-corrected chi connectivity index (χ4v) is 2.48. The molecule has 1 aliphatic carbocycles. The maximum absolute atomic E-state index is 12.2. The minimum absolute atomic E-state index is 0.0238. The number of aliphatic hydroxyl groups excluding tert-OH is 2. The molecule has 112 valence electrons. The first kappa shape index (κ1) is 15.4. The smallest absolute Gasteiger partial charge is 0.168 e. The first-order valence-corrected chi connectivity index (χ1v) is 7.30. The zero-order chi connectivity index (χ0) is 15.2. The monoisotopic (exact) mass is 287 g/mol. The van der Waals surface area contributed by atoms with E-state index < -0.39 is 0 Å². The summed E-state index contributed by atoms with van der Waals surface area (Å²) < 4.78 is 0. The molecule has 2 rings (SSSR count). The number of nitrogens with zero attached hydrogens (tertiary/aromatic N) is 1. The molecular formula is C17H21NO3. The average Bonchev–Trinajstić information content (AvgIpc) is 2.51. The van der Waals surface area contributed by atoms with Crippen LogP contribution < -0.4 is 0 Å². The number of aliphatic imine (C=N–C) groups is 1. The summed E-state index contributed by atoms with van der Waals surface area (Å²) in [5.41, 5.74) is 1.35. The standard InChI is InChI=1S/C17H21NO3/c1-2-14(11-19)18-10-15-16(20)8-13(9-17(15)21)12-6-4-3-5-7-12/h3-7,10,13-14,19-20H,2,8-9,11H2,1H3/t13?,14-/m0/s1. The van der Waals surface area contributed by atoms with Crippen LogP contribution in [0, 0.1) is 0 Å². The van der Waals surface area contributed by atoms with E-state index in [2.05, 4.69) is 4.99 Å². The Kier molecular flexibility index (Phi) is 5.28.